The van der Waals surface area contributed by atoms with Crippen LogP contribution < -0.4 is 31.0 Å². The molecule has 0 bridgehead atoms. The first-order valence-corrected chi connectivity index (χ1v) is 9.87. The van der Waals surface area contributed by atoms with Crippen LogP contribution in [-0.4, -0.2) is 41.2 Å². The molecule has 0 aliphatic heterocycles. The highest BCUT2D eigenvalue weighted by Crippen LogP contribution is 2.42. The van der Waals surface area contributed by atoms with Gasteiger partial charge in [-0.25, -0.2) is 10.8 Å². The van der Waals surface area contributed by atoms with Crippen molar-refractivity contribution in [1.29, 1.82) is 0 Å². The van der Waals surface area contributed by atoms with Crippen molar-refractivity contribution < 1.29 is 19.1 Å². The van der Waals surface area contributed by atoms with Crippen molar-refractivity contribution in [3.8, 4) is 39.6 Å². The van der Waals surface area contributed by atoms with Crippen molar-refractivity contribution in [3.05, 3.63) is 62.9 Å². The zero-order chi connectivity index (χ0) is 24.4. The largest absolute Gasteiger partial charge is 0.493 e. The molecular weight excluding hydrogens is 444 g/mol. The normalized spacial score (nSPS) is 10.7. The highest BCUT2D eigenvalue weighted by molar-refractivity contribution is 5.95. The van der Waals surface area contributed by atoms with Gasteiger partial charge in [0, 0.05) is 23.3 Å². The molecule has 34 heavy (non-hydrogen) atoms. The van der Waals surface area contributed by atoms with E-state index in [0.717, 1.165) is 0 Å². The molecule has 0 saturated heterocycles. The summed E-state index contributed by atoms with van der Waals surface area (Å²) in [6, 6.07) is 11.0. The molecule has 0 aliphatic rings. The second kappa shape index (κ2) is 9.03. The molecule has 0 aliphatic carbocycles. The molecule has 0 spiro atoms. The Kier molecular flexibility index (Phi) is 5.97. The number of hydrazine groups is 1. The molecule has 2 aromatic carbocycles. The van der Waals surface area contributed by atoms with Gasteiger partial charge in [0.1, 0.15) is 0 Å². The van der Waals surface area contributed by atoms with Crippen molar-refractivity contribution in [2.45, 2.75) is 0 Å². The number of nitrogens with zero attached hydrogens (tertiary/aromatic N) is 3. The Bertz CT molecular complexity index is 1430. The number of nitrogen functional groups attached to an aromatic ring is 1. The molecule has 0 saturated carbocycles. The predicted octanol–water partition coefficient (Wildman–Crippen LogP) is 2.87. The van der Waals surface area contributed by atoms with Crippen molar-refractivity contribution in [3.63, 3.8) is 0 Å². The number of methoxy groups -OCH3 is 3. The van der Waals surface area contributed by atoms with E-state index >= 15 is 0 Å². The summed E-state index contributed by atoms with van der Waals surface area (Å²) in [5, 5.41) is 11.2. The number of hydrogen-bond donors (Lipinski definition) is 3. The van der Waals surface area contributed by atoms with Crippen molar-refractivity contribution in [1.82, 2.24) is 15.0 Å². The zero-order valence-electron chi connectivity index (χ0n) is 18.4. The van der Waals surface area contributed by atoms with E-state index in [1.54, 1.807) is 30.3 Å². The molecule has 0 amide bonds. The van der Waals surface area contributed by atoms with Crippen molar-refractivity contribution in [2.75, 3.05) is 26.8 Å². The topological polar surface area (TPSA) is 168 Å². The van der Waals surface area contributed by atoms with E-state index in [0.29, 0.717) is 39.6 Å². The molecule has 4 N–H and O–H groups in total. The first-order valence-electron chi connectivity index (χ1n) is 9.87. The van der Waals surface area contributed by atoms with Gasteiger partial charge in [0.15, 0.2) is 17.1 Å². The smallest absolute Gasteiger partial charge is 0.269 e. The van der Waals surface area contributed by atoms with Gasteiger partial charge in [0.05, 0.1) is 37.3 Å². The number of benzene rings is 2. The lowest BCUT2D eigenvalue weighted by molar-refractivity contribution is -0.384. The summed E-state index contributed by atoms with van der Waals surface area (Å²) in [4.78, 5) is 34.9. The first kappa shape index (κ1) is 22.5. The van der Waals surface area contributed by atoms with Crippen LogP contribution in [0.4, 0.5) is 11.6 Å². The Labute approximate surface area is 192 Å². The number of nitro benzene ring substituents is 1. The Morgan fingerprint density at radius 1 is 0.971 bits per heavy atom. The Morgan fingerprint density at radius 3 is 2.15 bits per heavy atom. The fourth-order valence-electron chi connectivity index (χ4n) is 3.57. The van der Waals surface area contributed by atoms with Gasteiger partial charge >= 0.3 is 0 Å². The zero-order valence-corrected chi connectivity index (χ0v) is 18.4. The summed E-state index contributed by atoms with van der Waals surface area (Å²) in [6.07, 6.45) is 0. The predicted molar refractivity (Wildman–Crippen MR) is 125 cm³/mol. The highest BCUT2D eigenvalue weighted by Gasteiger charge is 2.20. The third-order valence-corrected chi connectivity index (χ3v) is 5.16. The van der Waals surface area contributed by atoms with Crippen molar-refractivity contribution >= 4 is 22.7 Å². The lowest BCUT2D eigenvalue weighted by atomic mass is 9.99. The average Bonchev–Trinajstić information content (AvgIpc) is 2.86. The van der Waals surface area contributed by atoms with E-state index in [4.69, 9.17) is 20.1 Å². The van der Waals surface area contributed by atoms with Crippen LogP contribution in [0.25, 0.3) is 33.4 Å². The van der Waals surface area contributed by atoms with Gasteiger partial charge in [0.2, 0.25) is 11.7 Å². The second-order valence-electron chi connectivity index (χ2n) is 7.03. The average molecular weight is 464 g/mol. The molecule has 0 atom stereocenters. The van der Waals surface area contributed by atoms with Crippen LogP contribution >= 0.6 is 0 Å². The minimum Gasteiger partial charge on any atom is -0.493 e. The molecule has 4 aromatic rings. The number of nitrogens with two attached hydrogens (primary N) is 1. The van der Waals surface area contributed by atoms with Crippen LogP contribution in [0.15, 0.2) is 47.3 Å². The number of H-pyrrole nitrogens is 1. The molecule has 0 fully saturated rings. The van der Waals surface area contributed by atoms with Crippen LogP contribution in [0.3, 0.4) is 0 Å². The molecule has 0 unspecified atom stereocenters. The quantitative estimate of drug-likeness (QED) is 0.210. The van der Waals surface area contributed by atoms with Gasteiger partial charge in [-0.1, -0.05) is 0 Å². The van der Waals surface area contributed by atoms with E-state index in [-0.39, 0.29) is 22.7 Å². The number of rotatable bonds is 7. The Balaban J connectivity index is 2.04. The maximum Gasteiger partial charge on any atom is 0.269 e. The lowest BCUT2D eigenvalue weighted by Crippen LogP contribution is -2.18. The summed E-state index contributed by atoms with van der Waals surface area (Å²) >= 11 is 0. The third-order valence-electron chi connectivity index (χ3n) is 5.16. The molecule has 174 valence electrons. The number of nitro groups is 1. The summed E-state index contributed by atoms with van der Waals surface area (Å²) < 4.78 is 16.3. The van der Waals surface area contributed by atoms with Gasteiger partial charge in [0.25, 0.3) is 11.2 Å². The number of pyridine rings is 1. The first-order chi connectivity index (χ1) is 16.4. The molecule has 4 rings (SSSR count). The Morgan fingerprint density at radius 2 is 1.62 bits per heavy atom. The van der Waals surface area contributed by atoms with E-state index < -0.39 is 10.5 Å². The molecular formula is C22H20N6O6. The van der Waals surface area contributed by atoms with Gasteiger partial charge in [-0.3, -0.25) is 25.3 Å². The molecule has 12 nitrogen and oxygen atoms in total. The van der Waals surface area contributed by atoms with Crippen LogP contribution in [0.5, 0.6) is 17.2 Å². The van der Waals surface area contributed by atoms with Crippen LogP contribution in [0.1, 0.15) is 0 Å². The molecule has 2 aromatic heterocycles. The van der Waals surface area contributed by atoms with E-state index in [9.17, 15) is 14.9 Å². The minimum absolute atomic E-state index is 0.0293. The van der Waals surface area contributed by atoms with Crippen LogP contribution in [-0.2, 0) is 0 Å². The van der Waals surface area contributed by atoms with E-state index in [1.807, 2.05) is 0 Å². The van der Waals surface area contributed by atoms with Crippen molar-refractivity contribution in [2.24, 2.45) is 5.84 Å². The molecule has 12 heteroatoms. The van der Waals surface area contributed by atoms with Crippen LogP contribution in [0.2, 0.25) is 0 Å². The summed E-state index contributed by atoms with van der Waals surface area (Å²) in [5.41, 5.74) is 3.99. The summed E-state index contributed by atoms with van der Waals surface area (Å²) in [6.45, 7) is 0. The maximum absolute atomic E-state index is 13.0. The number of ether oxygens (including phenoxy) is 3. The highest BCUT2D eigenvalue weighted by atomic mass is 16.6. The third kappa shape index (κ3) is 3.93. The lowest BCUT2D eigenvalue weighted by Gasteiger charge is -2.16. The van der Waals surface area contributed by atoms with E-state index in [2.05, 4.69) is 20.4 Å². The van der Waals surface area contributed by atoms with E-state index in [1.165, 1.54) is 33.5 Å². The number of aromatic nitrogens is 3. The molecule has 0 radical (unpaired) electrons. The second-order valence-corrected chi connectivity index (χ2v) is 7.03. The van der Waals surface area contributed by atoms with Gasteiger partial charge in [-0.15, -0.1) is 0 Å². The molecule has 2 heterocycles. The monoisotopic (exact) mass is 464 g/mol. The Hall–Kier alpha value is -4.71. The number of aromatic amines is 1. The summed E-state index contributed by atoms with van der Waals surface area (Å²) in [7, 11) is 4.47. The number of anilines is 1. The standard InChI is InChI=1S/C22H20N6O6/c1-32-16-8-12(9-17(33-2)19(16)34-3)14-10-15(11-4-6-13(7-5-11)28(30)31)24-20-18(14)21(29)26-22(25-20)27-23/h4-10H,23H2,1-3H3,(H2,24,25,26,27,29). The fraction of sp³-hybridized carbons (Fsp3) is 0.136. The number of non-ortho nitro benzene ring substituents is 1. The van der Waals surface area contributed by atoms with Gasteiger partial charge < -0.3 is 14.2 Å². The van der Waals surface area contributed by atoms with Crippen LogP contribution in [0, 0.1) is 10.1 Å². The number of fused-ring (bicyclic) bond motifs is 1. The number of hydrogen-bond acceptors (Lipinski definition) is 10. The fourth-order valence-corrected chi connectivity index (χ4v) is 3.57. The summed E-state index contributed by atoms with van der Waals surface area (Å²) in [5.74, 6) is 6.65. The SMILES string of the molecule is COc1cc(-c2cc(-c3ccc([N+](=O)[O-])cc3)nc3nc(NN)[nH]c(=O)c23)cc(OC)c1OC. The van der Waals surface area contributed by atoms with Gasteiger partial charge in [-0.2, -0.15) is 4.98 Å². The van der Waals surface area contributed by atoms with Gasteiger partial charge in [-0.05, 0) is 35.9 Å². The maximum atomic E-state index is 13.0. The minimum atomic E-state index is -0.487. The number of nitrogens with one attached hydrogen (secondary N) is 2.